The average molecular weight is 272 g/mol. The molecule has 2 saturated heterocycles. The van der Waals surface area contributed by atoms with E-state index in [2.05, 4.69) is 10.1 Å². The molecule has 2 fully saturated rings. The van der Waals surface area contributed by atoms with Crippen molar-refractivity contribution in [1.29, 1.82) is 0 Å². The summed E-state index contributed by atoms with van der Waals surface area (Å²) in [6.07, 6.45) is 3.85. The summed E-state index contributed by atoms with van der Waals surface area (Å²) >= 11 is 0. The Morgan fingerprint density at radius 1 is 1.30 bits per heavy atom. The van der Waals surface area contributed by atoms with Gasteiger partial charge in [-0.25, -0.2) is 0 Å². The molecule has 1 N–H and O–H groups in total. The number of hydrogen-bond donors (Lipinski definition) is 1. The highest BCUT2D eigenvalue weighted by atomic mass is 16.5. The van der Waals surface area contributed by atoms with E-state index in [9.17, 15) is 5.11 Å². The van der Waals surface area contributed by atoms with Gasteiger partial charge in [0, 0.05) is 5.56 Å². The third-order valence-corrected chi connectivity index (χ3v) is 4.34. The van der Waals surface area contributed by atoms with Crippen molar-refractivity contribution in [3.05, 3.63) is 29.6 Å². The SMILES string of the molecule is Cc1ccc(-c2nc(C3CC4CCC3O4)no2)cc1O. The van der Waals surface area contributed by atoms with E-state index in [-0.39, 0.29) is 17.8 Å². The quantitative estimate of drug-likeness (QED) is 0.910. The molecule has 2 aromatic rings. The zero-order chi connectivity index (χ0) is 13.7. The number of hydrogen-bond acceptors (Lipinski definition) is 5. The molecular weight excluding hydrogens is 256 g/mol. The molecule has 2 aliphatic rings. The van der Waals surface area contributed by atoms with Crippen LogP contribution in [0.1, 0.15) is 36.6 Å². The van der Waals surface area contributed by atoms with E-state index in [0.29, 0.717) is 12.0 Å². The molecule has 5 nitrogen and oxygen atoms in total. The molecule has 20 heavy (non-hydrogen) atoms. The lowest BCUT2D eigenvalue weighted by Gasteiger charge is -2.13. The molecule has 2 bridgehead atoms. The van der Waals surface area contributed by atoms with Gasteiger partial charge in [-0.15, -0.1) is 0 Å². The second-order valence-electron chi connectivity index (χ2n) is 5.68. The lowest BCUT2D eigenvalue weighted by molar-refractivity contribution is 0.0996. The van der Waals surface area contributed by atoms with Gasteiger partial charge in [0.1, 0.15) is 5.75 Å². The first-order chi connectivity index (χ1) is 9.70. The Hall–Kier alpha value is -1.88. The Kier molecular flexibility index (Phi) is 2.57. The van der Waals surface area contributed by atoms with Crippen LogP contribution in [-0.4, -0.2) is 27.5 Å². The number of phenols is 1. The molecule has 0 spiro atoms. The maximum absolute atomic E-state index is 9.76. The van der Waals surface area contributed by atoms with Crippen molar-refractivity contribution in [2.45, 2.75) is 44.3 Å². The molecule has 3 heterocycles. The van der Waals surface area contributed by atoms with Gasteiger partial charge < -0.3 is 14.4 Å². The largest absolute Gasteiger partial charge is 0.508 e. The summed E-state index contributed by atoms with van der Waals surface area (Å²) in [5.74, 6) is 1.68. The molecule has 4 rings (SSSR count). The Morgan fingerprint density at radius 2 is 2.20 bits per heavy atom. The number of fused-ring (bicyclic) bond motifs is 2. The van der Waals surface area contributed by atoms with Gasteiger partial charge in [0.2, 0.25) is 0 Å². The Bertz CT molecular complexity index is 652. The lowest BCUT2D eigenvalue weighted by Crippen LogP contribution is -2.15. The molecule has 0 radical (unpaired) electrons. The van der Waals surface area contributed by atoms with Crippen LogP contribution in [0.25, 0.3) is 11.5 Å². The van der Waals surface area contributed by atoms with E-state index >= 15 is 0 Å². The highest BCUT2D eigenvalue weighted by Crippen LogP contribution is 2.43. The predicted molar refractivity (Wildman–Crippen MR) is 71.4 cm³/mol. The fourth-order valence-electron chi connectivity index (χ4n) is 3.15. The molecule has 104 valence electrons. The highest BCUT2D eigenvalue weighted by Gasteiger charge is 2.43. The Morgan fingerprint density at radius 3 is 2.90 bits per heavy atom. The normalized spacial score (nSPS) is 28.1. The monoisotopic (exact) mass is 272 g/mol. The van der Waals surface area contributed by atoms with Gasteiger partial charge >= 0.3 is 0 Å². The summed E-state index contributed by atoms with van der Waals surface area (Å²) < 4.78 is 11.2. The van der Waals surface area contributed by atoms with Crippen molar-refractivity contribution in [3.63, 3.8) is 0 Å². The van der Waals surface area contributed by atoms with Gasteiger partial charge in [-0.1, -0.05) is 11.2 Å². The zero-order valence-electron chi connectivity index (χ0n) is 11.2. The molecule has 3 unspecified atom stereocenters. The van der Waals surface area contributed by atoms with E-state index in [1.54, 1.807) is 6.07 Å². The van der Waals surface area contributed by atoms with E-state index in [1.807, 2.05) is 19.1 Å². The van der Waals surface area contributed by atoms with Crippen LogP contribution in [0.3, 0.4) is 0 Å². The molecule has 0 amide bonds. The standard InChI is InChI=1S/C15H16N2O3/c1-8-2-3-9(6-12(8)18)15-16-14(17-20-15)11-7-10-4-5-13(11)19-10/h2-3,6,10-11,13,18H,4-5,7H2,1H3. The van der Waals surface area contributed by atoms with Crippen molar-refractivity contribution < 1.29 is 14.4 Å². The minimum atomic E-state index is 0.241. The number of aryl methyl sites for hydroxylation is 1. The number of nitrogens with zero attached hydrogens (tertiary/aromatic N) is 2. The summed E-state index contributed by atoms with van der Waals surface area (Å²) in [5.41, 5.74) is 1.57. The predicted octanol–water partition coefficient (Wildman–Crippen LogP) is 2.79. The molecule has 2 aliphatic heterocycles. The fraction of sp³-hybridized carbons (Fsp3) is 0.467. The maximum Gasteiger partial charge on any atom is 0.258 e. The Balaban J connectivity index is 1.63. The molecule has 1 aromatic carbocycles. The van der Waals surface area contributed by atoms with Crippen LogP contribution < -0.4 is 0 Å². The first-order valence-corrected chi connectivity index (χ1v) is 7.00. The van der Waals surface area contributed by atoms with Gasteiger partial charge in [-0.3, -0.25) is 0 Å². The summed E-state index contributed by atoms with van der Waals surface area (Å²) in [6, 6.07) is 5.38. The van der Waals surface area contributed by atoms with Crippen molar-refractivity contribution in [1.82, 2.24) is 10.1 Å². The van der Waals surface area contributed by atoms with Crippen LogP contribution in [0.2, 0.25) is 0 Å². The van der Waals surface area contributed by atoms with Crippen LogP contribution in [0.4, 0.5) is 0 Å². The molecule has 1 aromatic heterocycles. The van der Waals surface area contributed by atoms with E-state index in [4.69, 9.17) is 9.26 Å². The lowest BCUT2D eigenvalue weighted by atomic mass is 9.89. The molecule has 5 heteroatoms. The fourth-order valence-corrected chi connectivity index (χ4v) is 3.15. The van der Waals surface area contributed by atoms with Gasteiger partial charge in [-0.2, -0.15) is 4.98 Å². The second-order valence-corrected chi connectivity index (χ2v) is 5.68. The first kappa shape index (κ1) is 11.9. The maximum atomic E-state index is 9.76. The van der Waals surface area contributed by atoms with E-state index < -0.39 is 0 Å². The highest BCUT2D eigenvalue weighted by molar-refractivity contribution is 5.57. The van der Waals surface area contributed by atoms with Crippen LogP contribution >= 0.6 is 0 Å². The number of phenolic OH excluding ortho intramolecular Hbond substituents is 1. The average Bonchev–Trinajstić information content (AvgIpc) is 3.16. The third-order valence-electron chi connectivity index (χ3n) is 4.34. The van der Waals surface area contributed by atoms with Crippen LogP contribution in [0.15, 0.2) is 22.7 Å². The summed E-state index contributed by atoms with van der Waals surface area (Å²) in [7, 11) is 0. The molecular formula is C15H16N2O3. The van der Waals surface area contributed by atoms with E-state index in [0.717, 1.165) is 36.2 Å². The minimum Gasteiger partial charge on any atom is -0.508 e. The molecule has 0 aliphatic carbocycles. The zero-order valence-corrected chi connectivity index (χ0v) is 11.2. The summed E-state index contributed by atoms with van der Waals surface area (Å²) in [4.78, 5) is 4.48. The number of benzene rings is 1. The van der Waals surface area contributed by atoms with Crippen molar-refractivity contribution >= 4 is 0 Å². The summed E-state index contributed by atoms with van der Waals surface area (Å²) in [5, 5.41) is 13.9. The summed E-state index contributed by atoms with van der Waals surface area (Å²) in [6.45, 7) is 1.85. The van der Waals surface area contributed by atoms with Crippen LogP contribution in [0, 0.1) is 6.92 Å². The second kappa shape index (κ2) is 4.31. The van der Waals surface area contributed by atoms with Crippen molar-refractivity contribution in [2.24, 2.45) is 0 Å². The Labute approximate surface area is 116 Å². The minimum absolute atomic E-state index is 0.241. The van der Waals surface area contributed by atoms with Crippen LogP contribution in [-0.2, 0) is 4.74 Å². The molecule has 3 atom stereocenters. The van der Waals surface area contributed by atoms with Gasteiger partial charge in [0.15, 0.2) is 5.82 Å². The van der Waals surface area contributed by atoms with E-state index in [1.165, 1.54) is 0 Å². The number of aromatic nitrogens is 2. The van der Waals surface area contributed by atoms with Crippen molar-refractivity contribution in [2.75, 3.05) is 0 Å². The number of aromatic hydroxyl groups is 1. The third kappa shape index (κ3) is 1.81. The first-order valence-electron chi connectivity index (χ1n) is 7.00. The van der Waals surface area contributed by atoms with Gasteiger partial charge in [-0.05, 0) is 43.9 Å². The van der Waals surface area contributed by atoms with Gasteiger partial charge in [0.05, 0.1) is 18.1 Å². The van der Waals surface area contributed by atoms with Crippen molar-refractivity contribution in [3.8, 4) is 17.2 Å². The number of ether oxygens (including phenoxy) is 1. The smallest absolute Gasteiger partial charge is 0.258 e. The molecule has 0 saturated carbocycles. The van der Waals surface area contributed by atoms with Gasteiger partial charge in [0.25, 0.3) is 5.89 Å². The number of rotatable bonds is 2. The topological polar surface area (TPSA) is 68.4 Å². The van der Waals surface area contributed by atoms with Crippen LogP contribution in [0.5, 0.6) is 5.75 Å².